The summed E-state index contributed by atoms with van der Waals surface area (Å²) in [5.74, 6) is -2.20. The molecule has 2 heterocycles. The van der Waals surface area contributed by atoms with Crippen LogP contribution in [0.25, 0.3) is 0 Å². The van der Waals surface area contributed by atoms with Crippen LogP contribution in [0.1, 0.15) is 6.92 Å². The van der Waals surface area contributed by atoms with Crippen LogP contribution in [0.15, 0.2) is 0 Å². The summed E-state index contributed by atoms with van der Waals surface area (Å²) in [4.78, 5) is 11.2. The second kappa shape index (κ2) is 7.36. The fourth-order valence-corrected chi connectivity index (χ4v) is 2.83. The Kier molecular flexibility index (Phi) is 5.92. The maximum Gasteiger partial charge on any atom is 0.333 e. The summed E-state index contributed by atoms with van der Waals surface area (Å²) in [6.45, 7) is 0.375. The largest absolute Gasteiger partial charge is 0.479 e. The van der Waals surface area contributed by atoms with E-state index in [4.69, 9.17) is 24.4 Å². The number of carboxylic acid groups (broad SMARTS) is 1. The van der Waals surface area contributed by atoms with Crippen LogP contribution in [0.3, 0.4) is 0 Å². The Morgan fingerprint density at radius 1 is 1.00 bits per heavy atom. The molecule has 0 aromatic heterocycles. The van der Waals surface area contributed by atoms with E-state index in [1.807, 2.05) is 0 Å². The molecule has 2 saturated heterocycles. The predicted octanol–water partition coefficient (Wildman–Crippen LogP) is -3.35. The van der Waals surface area contributed by atoms with Crippen LogP contribution >= 0.6 is 0 Å². The van der Waals surface area contributed by atoms with Crippen LogP contribution in [0.5, 0.6) is 0 Å². The highest BCUT2D eigenvalue weighted by Crippen LogP contribution is 2.31. The first-order valence-corrected chi connectivity index (χ1v) is 7.26. The third-order valence-electron chi connectivity index (χ3n) is 4.25. The molecule has 10 heteroatoms. The summed E-state index contributed by atoms with van der Waals surface area (Å²) >= 11 is 0. The molecular formula is C13H22O10. The van der Waals surface area contributed by atoms with Gasteiger partial charge in [0.1, 0.15) is 30.5 Å². The van der Waals surface area contributed by atoms with Gasteiger partial charge in [-0.1, -0.05) is 6.92 Å². The maximum atomic E-state index is 11.2. The molecule has 0 aromatic rings. The second-order valence-corrected chi connectivity index (χ2v) is 5.77. The van der Waals surface area contributed by atoms with E-state index in [0.717, 1.165) is 0 Å². The van der Waals surface area contributed by atoms with Crippen molar-refractivity contribution < 1.29 is 49.6 Å². The normalized spacial score (nSPS) is 47.7. The number of carboxylic acids is 1. The quantitative estimate of drug-likeness (QED) is 0.298. The Hall–Kier alpha value is -0.850. The van der Waals surface area contributed by atoms with Gasteiger partial charge in [0.2, 0.25) is 0 Å². The molecule has 0 spiro atoms. The number of aliphatic hydroxyl groups excluding tert-OH is 5. The van der Waals surface area contributed by atoms with Crippen molar-refractivity contribution in [2.75, 3.05) is 13.2 Å². The number of aliphatic hydroxyl groups is 5. The minimum absolute atomic E-state index is 0.511. The van der Waals surface area contributed by atoms with Gasteiger partial charge in [0, 0.05) is 5.92 Å². The highest BCUT2D eigenvalue weighted by atomic mass is 16.7. The van der Waals surface area contributed by atoms with Crippen molar-refractivity contribution in [1.29, 1.82) is 0 Å². The summed E-state index contributed by atoms with van der Waals surface area (Å²) in [6.07, 6.45) is -10.3. The van der Waals surface area contributed by atoms with Crippen molar-refractivity contribution in [3.8, 4) is 0 Å². The van der Waals surface area contributed by atoms with Gasteiger partial charge in [-0.05, 0) is 0 Å². The van der Waals surface area contributed by atoms with Gasteiger partial charge in [-0.3, -0.25) is 0 Å². The number of hydrogen-bond donors (Lipinski definition) is 6. The van der Waals surface area contributed by atoms with E-state index >= 15 is 0 Å². The van der Waals surface area contributed by atoms with Gasteiger partial charge in [-0.15, -0.1) is 0 Å². The Balaban J connectivity index is 2.12. The van der Waals surface area contributed by atoms with Crippen LogP contribution in [0.2, 0.25) is 0 Å². The topological polar surface area (TPSA) is 166 Å². The van der Waals surface area contributed by atoms with Gasteiger partial charge < -0.3 is 44.8 Å². The molecule has 2 aliphatic rings. The van der Waals surface area contributed by atoms with E-state index in [1.54, 1.807) is 0 Å². The summed E-state index contributed by atoms with van der Waals surface area (Å²) in [5, 5.41) is 57.4. The Bertz CT molecular complexity index is 416. The minimum Gasteiger partial charge on any atom is -0.479 e. The van der Waals surface area contributed by atoms with E-state index in [2.05, 4.69) is 0 Å². The third-order valence-corrected chi connectivity index (χ3v) is 4.25. The lowest BCUT2D eigenvalue weighted by molar-refractivity contribution is -0.301. The Labute approximate surface area is 131 Å². The number of aliphatic carboxylic acids is 1. The molecule has 0 aliphatic carbocycles. The fourth-order valence-electron chi connectivity index (χ4n) is 2.83. The summed E-state index contributed by atoms with van der Waals surface area (Å²) < 4.78 is 15.7. The highest BCUT2D eigenvalue weighted by molar-refractivity contribution is 5.73. The molecule has 0 radical (unpaired) electrons. The lowest BCUT2D eigenvalue weighted by atomic mass is 9.90. The molecule has 4 unspecified atom stereocenters. The number of carbonyl (C=O) groups is 1. The van der Waals surface area contributed by atoms with Crippen molar-refractivity contribution in [1.82, 2.24) is 0 Å². The van der Waals surface area contributed by atoms with Crippen molar-refractivity contribution in [2.24, 2.45) is 5.92 Å². The summed E-state index contributed by atoms with van der Waals surface area (Å²) in [5.41, 5.74) is 0. The van der Waals surface area contributed by atoms with Crippen LogP contribution in [-0.2, 0) is 19.0 Å². The molecule has 0 saturated carbocycles. The molecule has 0 bridgehead atoms. The molecule has 23 heavy (non-hydrogen) atoms. The molecule has 134 valence electrons. The Morgan fingerprint density at radius 3 is 2.13 bits per heavy atom. The van der Waals surface area contributed by atoms with Crippen LogP contribution in [-0.4, -0.2) is 98.8 Å². The second-order valence-electron chi connectivity index (χ2n) is 5.77. The molecule has 2 aliphatic heterocycles. The van der Waals surface area contributed by atoms with E-state index in [-0.39, 0.29) is 0 Å². The van der Waals surface area contributed by atoms with Gasteiger partial charge in [0.05, 0.1) is 19.3 Å². The van der Waals surface area contributed by atoms with Crippen molar-refractivity contribution >= 4 is 5.97 Å². The van der Waals surface area contributed by atoms with Crippen LogP contribution in [0, 0.1) is 5.92 Å². The average molecular weight is 338 g/mol. The summed E-state index contributed by atoms with van der Waals surface area (Å²) in [6, 6.07) is 0. The first-order chi connectivity index (χ1) is 10.8. The maximum absolute atomic E-state index is 11.2. The lowest BCUT2D eigenvalue weighted by Gasteiger charge is -2.40. The molecule has 10 nitrogen and oxygen atoms in total. The SMILES string of the molecule is C[C@@H]1C(C(=O)O)O[C@@H](O[C@@H]2C(CO)O[C@@H](CO)C2O)[C@@H](O)C1O. The standard InChI is InChI=1S/C13H22O10/c1-4-7(16)9(18)13(22-10(4)12(19)20)23-11-6(3-15)21-5(2-14)8(11)17/h4-11,13-18H,2-3H2,1H3,(H,19,20)/t4-,5-,6?,7?,8?,9-,10?,11+,13-/m0/s1. The van der Waals surface area contributed by atoms with Crippen LogP contribution in [0.4, 0.5) is 0 Å². The van der Waals surface area contributed by atoms with E-state index < -0.39 is 74.1 Å². The molecule has 2 fully saturated rings. The molecule has 9 atom stereocenters. The van der Waals surface area contributed by atoms with E-state index in [0.29, 0.717) is 0 Å². The van der Waals surface area contributed by atoms with Crippen molar-refractivity contribution in [2.45, 2.75) is 55.9 Å². The molecular weight excluding hydrogens is 316 g/mol. The van der Waals surface area contributed by atoms with E-state index in [1.165, 1.54) is 6.92 Å². The van der Waals surface area contributed by atoms with Gasteiger partial charge >= 0.3 is 5.97 Å². The summed E-state index contributed by atoms with van der Waals surface area (Å²) in [7, 11) is 0. The zero-order valence-corrected chi connectivity index (χ0v) is 12.4. The van der Waals surface area contributed by atoms with Crippen LogP contribution < -0.4 is 0 Å². The first-order valence-electron chi connectivity index (χ1n) is 7.26. The zero-order chi connectivity index (χ0) is 17.3. The van der Waals surface area contributed by atoms with Crippen molar-refractivity contribution in [3.63, 3.8) is 0 Å². The Morgan fingerprint density at radius 2 is 1.61 bits per heavy atom. The lowest BCUT2D eigenvalue weighted by Crippen LogP contribution is -2.58. The predicted molar refractivity (Wildman–Crippen MR) is 71.2 cm³/mol. The molecule has 2 rings (SSSR count). The first kappa shape index (κ1) is 18.5. The average Bonchev–Trinajstić information content (AvgIpc) is 2.83. The van der Waals surface area contributed by atoms with E-state index in [9.17, 15) is 25.2 Å². The number of ether oxygens (including phenoxy) is 3. The minimum atomic E-state index is -1.54. The van der Waals surface area contributed by atoms with Gasteiger partial charge in [0.25, 0.3) is 0 Å². The highest BCUT2D eigenvalue weighted by Gasteiger charge is 2.50. The molecule has 0 aromatic carbocycles. The third kappa shape index (κ3) is 3.49. The van der Waals surface area contributed by atoms with Crippen molar-refractivity contribution in [3.05, 3.63) is 0 Å². The van der Waals surface area contributed by atoms with Gasteiger partial charge in [-0.2, -0.15) is 0 Å². The number of hydrogen-bond acceptors (Lipinski definition) is 9. The monoisotopic (exact) mass is 338 g/mol. The smallest absolute Gasteiger partial charge is 0.333 e. The number of rotatable bonds is 5. The zero-order valence-electron chi connectivity index (χ0n) is 12.4. The van der Waals surface area contributed by atoms with Gasteiger partial charge in [-0.25, -0.2) is 4.79 Å². The fraction of sp³-hybridized carbons (Fsp3) is 0.923. The van der Waals surface area contributed by atoms with Gasteiger partial charge in [0.15, 0.2) is 12.4 Å². The molecule has 0 amide bonds. The molecule has 6 N–H and O–H groups in total.